The summed E-state index contributed by atoms with van der Waals surface area (Å²) >= 11 is 0. The first-order valence-electron chi connectivity index (χ1n) is 10.3. The maximum absolute atomic E-state index is 12.9. The summed E-state index contributed by atoms with van der Waals surface area (Å²) in [6.07, 6.45) is -0.989. The summed E-state index contributed by atoms with van der Waals surface area (Å²) in [6.45, 7) is 3.17. The van der Waals surface area contributed by atoms with E-state index in [9.17, 15) is 27.6 Å². The summed E-state index contributed by atoms with van der Waals surface area (Å²) in [5, 5.41) is 6.90. The molecule has 1 aliphatic heterocycles. The van der Waals surface area contributed by atoms with E-state index in [1.54, 1.807) is 13.8 Å². The maximum Gasteiger partial charge on any atom is 0.453 e. The summed E-state index contributed by atoms with van der Waals surface area (Å²) in [4.78, 5) is 45.0. The second kappa shape index (κ2) is 7.71. The number of alkyl halides is 3. The molecular weight excluding hydrogens is 431 g/mol. The molecule has 0 unspecified atom stereocenters. The average Bonchev–Trinajstić information content (AvgIpc) is 3.24. The van der Waals surface area contributed by atoms with Gasteiger partial charge in [-0.2, -0.15) is 23.2 Å². The highest BCUT2D eigenvalue weighted by atomic mass is 19.4. The SMILES string of the molecule is Cc1nc2nc(C(F)(F)F)nn2c(C)c1CCC(=O)NN1C(=O)NC2(CCCCC2)C1=O. The molecule has 172 valence electrons. The molecule has 2 aliphatic rings. The Kier molecular flexibility index (Phi) is 5.29. The van der Waals surface area contributed by atoms with Crippen molar-refractivity contribution in [3.63, 3.8) is 0 Å². The fourth-order valence-electron chi connectivity index (χ4n) is 4.33. The van der Waals surface area contributed by atoms with E-state index in [0.29, 0.717) is 29.8 Å². The van der Waals surface area contributed by atoms with Crippen LogP contribution >= 0.6 is 0 Å². The van der Waals surface area contributed by atoms with Crippen molar-refractivity contribution in [2.75, 3.05) is 0 Å². The van der Waals surface area contributed by atoms with Gasteiger partial charge in [0.15, 0.2) is 0 Å². The Morgan fingerprint density at radius 3 is 2.50 bits per heavy atom. The van der Waals surface area contributed by atoms with Crippen LogP contribution in [0.4, 0.5) is 18.0 Å². The van der Waals surface area contributed by atoms with E-state index in [0.717, 1.165) is 28.8 Å². The topological polar surface area (TPSA) is 122 Å². The lowest BCUT2D eigenvalue weighted by Gasteiger charge is -2.30. The minimum atomic E-state index is -4.70. The van der Waals surface area contributed by atoms with Crippen molar-refractivity contribution in [1.82, 2.24) is 35.3 Å². The predicted molar refractivity (Wildman–Crippen MR) is 103 cm³/mol. The van der Waals surface area contributed by atoms with E-state index in [2.05, 4.69) is 25.8 Å². The zero-order chi connectivity index (χ0) is 23.3. The number of aryl methyl sites for hydroxylation is 2. The Balaban J connectivity index is 1.46. The van der Waals surface area contributed by atoms with Crippen LogP contribution in [0.3, 0.4) is 0 Å². The number of carbonyl (C=O) groups excluding carboxylic acids is 3. The third kappa shape index (κ3) is 3.75. The van der Waals surface area contributed by atoms with Gasteiger partial charge in [0, 0.05) is 17.8 Å². The van der Waals surface area contributed by atoms with Crippen molar-refractivity contribution in [3.8, 4) is 0 Å². The van der Waals surface area contributed by atoms with E-state index in [-0.39, 0.29) is 18.6 Å². The molecule has 1 aliphatic carbocycles. The van der Waals surface area contributed by atoms with Crippen LogP contribution in [0, 0.1) is 13.8 Å². The number of amides is 4. The molecule has 2 aromatic heterocycles. The number of halogens is 3. The Morgan fingerprint density at radius 2 is 1.84 bits per heavy atom. The largest absolute Gasteiger partial charge is 0.453 e. The van der Waals surface area contributed by atoms with Crippen LogP contribution in [0.2, 0.25) is 0 Å². The van der Waals surface area contributed by atoms with Gasteiger partial charge in [-0.05, 0) is 38.7 Å². The summed E-state index contributed by atoms with van der Waals surface area (Å²) in [7, 11) is 0. The molecule has 1 saturated carbocycles. The van der Waals surface area contributed by atoms with Gasteiger partial charge in [0.1, 0.15) is 5.54 Å². The lowest BCUT2D eigenvalue weighted by Crippen LogP contribution is -2.51. The molecule has 4 rings (SSSR count). The molecule has 0 bridgehead atoms. The van der Waals surface area contributed by atoms with Gasteiger partial charge in [0.05, 0.1) is 0 Å². The lowest BCUT2D eigenvalue weighted by molar-refractivity contribution is -0.144. The Bertz CT molecular complexity index is 1110. The van der Waals surface area contributed by atoms with Gasteiger partial charge in [0.2, 0.25) is 5.91 Å². The van der Waals surface area contributed by atoms with Crippen molar-refractivity contribution in [3.05, 3.63) is 22.8 Å². The van der Waals surface area contributed by atoms with Crippen molar-refractivity contribution < 1.29 is 27.6 Å². The summed E-state index contributed by atoms with van der Waals surface area (Å²) in [5.41, 5.74) is 2.72. The number of nitrogens with zero attached hydrogens (tertiary/aromatic N) is 5. The molecule has 1 saturated heterocycles. The molecule has 2 aromatic rings. The minimum absolute atomic E-state index is 0.111. The van der Waals surface area contributed by atoms with Gasteiger partial charge < -0.3 is 5.32 Å². The van der Waals surface area contributed by atoms with Crippen molar-refractivity contribution in [2.24, 2.45) is 0 Å². The van der Waals surface area contributed by atoms with Gasteiger partial charge in [0.25, 0.3) is 17.5 Å². The molecule has 1 spiro atoms. The number of aromatic nitrogens is 4. The first kappa shape index (κ1) is 22.0. The second-order valence-corrected chi connectivity index (χ2v) is 8.15. The first-order valence-corrected chi connectivity index (χ1v) is 10.3. The minimum Gasteiger partial charge on any atom is -0.322 e. The molecule has 10 nitrogen and oxygen atoms in total. The molecule has 13 heteroatoms. The number of hydrogen-bond acceptors (Lipinski definition) is 6. The molecule has 2 N–H and O–H groups in total. The van der Waals surface area contributed by atoms with Gasteiger partial charge in [-0.25, -0.2) is 14.3 Å². The van der Waals surface area contributed by atoms with Crippen LogP contribution in [0.15, 0.2) is 0 Å². The third-order valence-corrected chi connectivity index (χ3v) is 6.01. The van der Waals surface area contributed by atoms with E-state index in [4.69, 9.17) is 0 Å². The second-order valence-electron chi connectivity index (χ2n) is 8.15. The van der Waals surface area contributed by atoms with Crippen molar-refractivity contribution in [1.29, 1.82) is 0 Å². The molecule has 3 heterocycles. The molecule has 4 amide bonds. The van der Waals surface area contributed by atoms with E-state index >= 15 is 0 Å². The average molecular weight is 453 g/mol. The summed E-state index contributed by atoms with van der Waals surface area (Å²) < 4.78 is 39.7. The fourth-order valence-corrected chi connectivity index (χ4v) is 4.33. The van der Waals surface area contributed by atoms with Gasteiger partial charge >= 0.3 is 12.2 Å². The van der Waals surface area contributed by atoms with Crippen LogP contribution in [0.1, 0.15) is 61.3 Å². The number of nitrogens with one attached hydrogen (secondary N) is 2. The fraction of sp³-hybridized carbons (Fsp3) is 0.579. The lowest BCUT2D eigenvalue weighted by atomic mass is 9.82. The standard InChI is InChI=1S/C19H22F3N7O3/c1-10-12(11(2)28-16(23-10)24-14(27-28)19(20,21)22)6-7-13(30)26-29-15(31)18(25-17(29)32)8-4-3-5-9-18/h3-9H2,1-2H3,(H,25,32)(H,26,30). The smallest absolute Gasteiger partial charge is 0.322 e. The van der Waals surface area contributed by atoms with Crippen LogP contribution in [0.5, 0.6) is 0 Å². The number of urea groups is 1. The van der Waals surface area contributed by atoms with E-state index in [1.807, 2.05) is 0 Å². The van der Waals surface area contributed by atoms with Crippen molar-refractivity contribution in [2.45, 2.75) is 70.5 Å². The molecule has 0 aromatic carbocycles. The first-order chi connectivity index (χ1) is 15.0. The molecule has 32 heavy (non-hydrogen) atoms. The van der Waals surface area contributed by atoms with E-state index in [1.165, 1.54) is 0 Å². The van der Waals surface area contributed by atoms with Crippen LogP contribution < -0.4 is 10.7 Å². The van der Waals surface area contributed by atoms with Crippen LogP contribution in [-0.4, -0.2) is 48.0 Å². The van der Waals surface area contributed by atoms with Gasteiger partial charge in [-0.3, -0.25) is 15.0 Å². The Labute approximate surface area is 180 Å². The molecular formula is C19H22F3N7O3. The number of hydrazine groups is 1. The third-order valence-electron chi connectivity index (χ3n) is 6.01. The Morgan fingerprint density at radius 1 is 1.16 bits per heavy atom. The number of hydrogen-bond donors (Lipinski definition) is 2. The highest BCUT2D eigenvalue weighted by Crippen LogP contribution is 2.33. The number of rotatable bonds is 4. The predicted octanol–water partition coefficient (Wildman–Crippen LogP) is 1.98. The zero-order valence-corrected chi connectivity index (χ0v) is 17.5. The molecule has 2 fully saturated rings. The molecule has 0 radical (unpaired) electrons. The highest BCUT2D eigenvalue weighted by molar-refractivity contribution is 6.08. The Hall–Kier alpha value is -3.25. The zero-order valence-electron chi connectivity index (χ0n) is 17.5. The van der Waals surface area contributed by atoms with Gasteiger partial charge in [-0.15, -0.1) is 5.10 Å². The van der Waals surface area contributed by atoms with E-state index < -0.39 is 35.4 Å². The van der Waals surface area contributed by atoms with Gasteiger partial charge in [-0.1, -0.05) is 19.3 Å². The normalized spacial score (nSPS) is 18.5. The maximum atomic E-state index is 12.9. The number of imide groups is 1. The van der Waals surface area contributed by atoms with Crippen LogP contribution in [0.25, 0.3) is 5.78 Å². The number of fused-ring (bicyclic) bond motifs is 1. The highest BCUT2D eigenvalue weighted by Gasteiger charge is 2.52. The monoisotopic (exact) mass is 453 g/mol. The quantitative estimate of drug-likeness (QED) is 0.683. The summed E-state index contributed by atoms with van der Waals surface area (Å²) in [5.74, 6) is -2.52. The van der Waals surface area contributed by atoms with Crippen LogP contribution in [-0.2, 0) is 22.2 Å². The molecule has 0 atom stereocenters. The van der Waals surface area contributed by atoms with Crippen molar-refractivity contribution >= 4 is 23.6 Å². The number of carbonyl (C=O) groups is 3. The summed E-state index contributed by atoms with van der Waals surface area (Å²) in [6, 6.07) is -0.664.